The third kappa shape index (κ3) is 2.57. The minimum absolute atomic E-state index is 0.555. The fourth-order valence-electron chi connectivity index (χ4n) is 3.46. The number of nitrogens with one attached hydrogen (secondary N) is 1. The highest BCUT2D eigenvalue weighted by molar-refractivity contribution is 5.23. The predicted molar refractivity (Wildman–Crippen MR) is 69.0 cm³/mol. The van der Waals surface area contributed by atoms with Gasteiger partial charge < -0.3 is 9.73 Å². The van der Waals surface area contributed by atoms with Crippen molar-refractivity contribution in [1.29, 1.82) is 0 Å². The maximum absolute atomic E-state index is 5.53. The lowest BCUT2D eigenvalue weighted by Crippen LogP contribution is -2.26. The van der Waals surface area contributed by atoms with Crippen LogP contribution in [0.1, 0.15) is 62.3 Å². The highest BCUT2D eigenvalue weighted by atomic mass is 16.3. The molecule has 0 amide bonds. The maximum Gasteiger partial charge on any atom is 0.108 e. The molecule has 1 fully saturated rings. The lowest BCUT2D eigenvalue weighted by Gasteiger charge is -2.23. The van der Waals surface area contributed by atoms with E-state index in [2.05, 4.69) is 11.4 Å². The Labute approximate surface area is 104 Å². The second kappa shape index (κ2) is 5.26. The molecule has 0 aliphatic heterocycles. The predicted octanol–water partition coefficient (Wildman–Crippen LogP) is 3.83. The molecule has 1 heterocycles. The third-order valence-corrected chi connectivity index (χ3v) is 4.47. The van der Waals surface area contributed by atoms with Gasteiger partial charge in [-0.2, -0.15) is 0 Å². The van der Waals surface area contributed by atoms with Crippen LogP contribution in [0.2, 0.25) is 0 Å². The van der Waals surface area contributed by atoms with Crippen LogP contribution < -0.4 is 5.32 Å². The first-order valence-electron chi connectivity index (χ1n) is 7.23. The summed E-state index contributed by atoms with van der Waals surface area (Å²) in [5, 5.41) is 3.73. The smallest absolute Gasteiger partial charge is 0.108 e. The van der Waals surface area contributed by atoms with E-state index in [-0.39, 0.29) is 0 Å². The summed E-state index contributed by atoms with van der Waals surface area (Å²) in [4.78, 5) is 0. The zero-order valence-electron chi connectivity index (χ0n) is 10.6. The van der Waals surface area contributed by atoms with Crippen LogP contribution in [0.3, 0.4) is 0 Å². The maximum atomic E-state index is 5.53. The minimum Gasteiger partial charge on any atom is -0.469 e. The number of rotatable bonds is 4. The summed E-state index contributed by atoms with van der Waals surface area (Å²) in [6.45, 7) is 1.18. The molecular weight excluding hydrogens is 210 g/mol. The topological polar surface area (TPSA) is 25.2 Å². The second-order valence-electron chi connectivity index (χ2n) is 5.64. The monoisotopic (exact) mass is 233 g/mol. The number of fused-ring (bicyclic) bond motifs is 1. The van der Waals surface area contributed by atoms with Crippen LogP contribution in [0.15, 0.2) is 16.7 Å². The van der Waals surface area contributed by atoms with Crippen molar-refractivity contribution >= 4 is 0 Å². The van der Waals surface area contributed by atoms with E-state index in [1.54, 1.807) is 0 Å². The van der Waals surface area contributed by atoms with Gasteiger partial charge in [0.2, 0.25) is 0 Å². The average Bonchev–Trinajstić information content (AvgIpc) is 2.99. The van der Waals surface area contributed by atoms with Gasteiger partial charge in [-0.05, 0) is 37.8 Å². The lowest BCUT2D eigenvalue weighted by atomic mass is 9.93. The van der Waals surface area contributed by atoms with Gasteiger partial charge in [0.15, 0.2) is 0 Å². The van der Waals surface area contributed by atoms with Gasteiger partial charge in [-0.1, -0.05) is 25.7 Å². The lowest BCUT2D eigenvalue weighted by molar-refractivity contribution is 0.391. The van der Waals surface area contributed by atoms with Crippen molar-refractivity contribution in [2.75, 3.05) is 6.54 Å². The number of furan rings is 1. The van der Waals surface area contributed by atoms with Crippen LogP contribution in [-0.4, -0.2) is 6.54 Å². The largest absolute Gasteiger partial charge is 0.469 e. The number of hydrogen-bond donors (Lipinski definition) is 1. The molecule has 0 bridgehead atoms. The van der Waals surface area contributed by atoms with Gasteiger partial charge in [-0.25, -0.2) is 0 Å². The Morgan fingerprint density at radius 3 is 2.94 bits per heavy atom. The van der Waals surface area contributed by atoms with Crippen LogP contribution in [0.4, 0.5) is 0 Å². The number of hydrogen-bond acceptors (Lipinski definition) is 2. The molecule has 1 N–H and O–H groups in total. The average molecular weight is 233 g/mol. The Balaban J connectivity index is 1.49. The quantitative estimate of drug-likeness (QED) is 0.855. The molecule has 1 unspecified atom stereocenters. The number of aryl methyl sites for hydroxylation is 1. The van der Waals surface area contributed by atoms with Crippen molar-refractivity contribution < 1.29 is 4.42 Å². The minimum atomic E-state index is 0.555. The van der Waals surface area contributed by atoms with E-state index in [0.29, 0.717) is 6.04 Å². The summed E-state index contributed by atoms with van der Waals surface area (Å²) < 4.78 is 5.53. The molecule has 17 heavy (non-hydrogen) atoms. The van der Waals surface area contributed by atoms with E-state index < -0.39 is 0 Å². The van der Waals surface area contributed by atoms with Gasteiger partial charge in [0.1, 0.15) is 5.76 Å². The van der Waals surface area contributed by atoms with Crippen molar-refractivity contribution in [3.05, 3.63) is 23.7 Å². The third-order valence-electron chi connectivity index (χ3n) is 4.47. The Hall–Kier alpha value is -0.760. The Kier molecular flexibility index (Phi) is 3.51. The molecule has 2 heteroatoms. The van der Waals surface area contributed by atoms with Gasteiger partial charge in [0.25, 0.3) is 0 Å². The molecule has 0 spiro atoms. The van der Waals surface area contributed by atoms with Crippen molar-refractivity contribution in [2.24, 2.45) is 5.92 Å². The molecule has 2 aliphatic rings. The van der Waals surface area contributed by atoms with Crippen molar-refractivity contribution in [3.63, 3.8) is 0 Å². The molecule has 1 atom stereocenters. The standard InChI is InChI=1S/C15H23NO/c1-2-5-12(4-1)8-10-16-14-6-3-7-15-13(14)9-11-17-15/h9,11-12,14,16H,1-8,10H2. The van der Waals surface area contributed by atoms with E-state index in [1.165, 1.54) is 62.8 Å². The highest BCUT2D eigenvalue weighted by Gasteiger charge is 2.22. The molecule has 3 rings (SSSR count). The second-order valence-corrected chi connectivity index (χ2v) is 5.64. The van der Waals surface area contributed by atoms with Crippen molar-refractivity contribution in [3.8, 4) is 0 Å². The van der Waals surface area contributed by atoms with Crippen molar-refractivity contribution in [1.82, 2.24) is 5.32 Å². The molecule has 0 radical (unpaired) electrons. The molecule has 2 nitrogen and oxygen atoms in total. The van der Waals surface area contributed by atoms with Crippen LogP contribution in [-0.2, 0) is 6.42 Å². The zero-order chi connectivity index (χ0) is 11.5. The Bertz CT molecular complexity index is 352. The summed E-state index contributed by atoms with van der Waals surface area (Å²) in [7, 11) is 0. The Morgan fingerprint density at radius 1 is 1.18 bits per heavy atom. The first-order chi connectivity index (χ1) is 8.43. The summed E-state index contributed by atoms with van der Waals surface area (Å²) in [5.74, 6) is 2.21. The summed E-state index contributed by atoms with van der Waals surface area (Å²) >= 11 is 0. The molecule has 0 aromatic carbocycles. The fraction of sp³-hybridized carbons (Fsp3) is 0.733. The van der Waals surface area contributed by atoms with Gasteiger partial charge in [-0.15, -0.1) is 0 Å². The summed E-state index contributed by atoms with van der Waals surface area (Å²) in [6.07, 6.45) is 12.7. The fourth-order valence-corrected chi connectivity index (χ4v) is 3.46. The van der Waals surface area contributed by atoms with Gasteiger partial charge in [0.05, 0.1) is 6.26 Å². The molecule has 0 saturated heterocycles. The van der Waals surface area contributed by atoms with Gasteiger partial charge in [0, 0.05) is 18.0 Å². The highest BCUT2D eigenvalue weighted by Crippen LogP contribution is 2.31. The molecule has 2 aliphatic carbocycles. The van der Waals surface area contributed by atoms with E-state index in [4.69, 9.17) is 4.42 Å². The van der Waals surface area contributed by atoms with Crippen LogP contribution in [0.25, 0.3) is 0 Å². The molecule has 1 aromatic heterocycles. The van der Waals surface area contributed by atoms with E-state index in [9.17, 15) is 0 Å². The Morgan fingerprint density at radius 2 is 2.06 bits per heavy atom. The summed E-state index contributed by atoms with van der Waals surface area (Å²) in [6, 6.07) is 2.71. The van der Waals surface area contributed by atoms with Crippen LogP contribution in [0, 0.1) is 5.92 Å². The SMILES string of the molecule is c1cc2c(o1)CCCC2NCCC1CCCC1. The van der Waals surface area contributed by atoms with Gasteiger partial charge >= 0.3 is 0 Å². The molecule has 94 valence electrons. The van der Waals surface area contributed by atoms with Gasteiger partial charge in [-0.3, -0.25) is 0 Å². The van der Waals surface area contributed by atoms with E-state index in [0.717, 1.165) is 12.3 Å². The normalized spacial score (nSPS) is 25.1. The molecule has 1 saturated carbocycles. The van der Waals surface area contributed by atoms with Crippen LogP contribution in [0.5, 0.6) is 0 Å². The van der Waals surface area contributed by atoms with E-state index in [1.807, 2.05) is 6.26 Å². The molecular formula is C15H23NO. The van der Waals surface area contributed by atoms with Crippen molar-refractivity contribution in [2.45, 2.75) is 57.4 Å². The molecule has 1 aromatic rings. The first kappa shape index (κ1) is 11.3. The zero-order valence-corrected chi connectivity index (χ0v) is 10.6. The van der Waals surface area contributed by atoms with E-state index >= 15 is 0 Å². The summed E-state index contributed by atoms with van der Waals surface area (Å²) in [5.41, 5.74) is 1.42. The van der Waals surface area contributed by atoms with Crippen LogP contribution >= 0.6 is 0 Å². The first-order valence-corrected chi connectivity index (χ1v) is 7.23.